The number of piperidine rings is 1. The first kappa shape index (κ1) is 36.2. The molecule has 0 unspecified atom stereocenters. The van der Waals surface area contributed by atoms with Gasteiger partial charge in [-0.05, 0) is 50.3 Å². The lowest BCUT2D eigenvalue weighted by Crippen LogP contribution is -2.62. The van der Waals surface area contributed by atoms with E-state index in [4.69, 9.17) is 0 Å². The van der Waals surface area contributed by atoms with E-state index in [-0.39, 0.29) is 36.2 Å². The average Bonchev–Trinajstić information content (AvgIpc) is 2.93. The van der Waals surface area contributed by atoms with Gasteiger partial charge in [-0.1, -0.05) is 78.8 Å². The van der Waals surface area contributed by atoms with Crippen molar-refractivity contribution in [3.63, 3.8) is 0 Å². The van der Waals surface area contributed by atoms with Crippen LogP contribution in [0, 0.1) is 11.3 Å². The Hall–Kier alpha value is -2.98. The molecule has 1 fully saturated rings. The number of likely N-dealkylation sites (N-methyl/N-ethyl adjacent to an activating group) is 3. The average molecular weight is 602 g/mol. The van der Waals surface area contributed by atoms with Crippen molar-refractivity contribution in [2.24, 2.45) is 11.3 Å². The SMILES string of the molecule is CN[C@H](C(=O)N[C@H](C(=O)N(C)[C@H](CN(C)CC(=O)N1CCCC[C@H]1C(=O)O)C(C)C)C(C)(C)C)C(C)(C)c1ccccc1. The number of carboxylic acid groups (broad SMARTS) is 1. The van der Waals surface area contributed by atoms with Crippen molar-refractivity contribution in [1.29, 1.82) is 0 Å². The van der Waals surface area contributed by atoms with E-state index in [1.165, 1.54) is 4.90 Å². The molecule has 1 aliphatic heterocycles. The predicted octanol–water partition coefficient (Wildman–Crippen LogP) is 2.96. The quantitative estimate of drug-likeness (QED) is 0.318. The van der Waals surface area contributed by atoms with Crippen LogP contribution in [0.2, 0.25) is 0 Å². The number of rotatable bonds is 13. The second-order valence-corrected chi connectivity index (χ2v) is 14.0. The number of nitrogens with one attached hydrogen (secondary N) is 2. The van der Waals surface area contributed by atoms with Crippen LogP contribution in [-0.2, 0) is 24.6 Å². The molecule has 1 heterocycles. The molecule has 242 valence electrons. The molecule has 0 radical (unpaired) electrons. The number of hydrogen-bond acceptors (Lipinski definition) is 6. The molecule has 0 spiro atoms. The highest BCUT2D eigenvalue weighted by atomic mass is 16.4. The molecular formula is C33H55N5O5. The van der Waals surface area contributed by atoms with E-state index in [9.17, 15) is 24.3 Å². The van der Waals surface area contributed by atoms with Gasteiger partial charge < -0.3 is 25.5 Å². The summed E-state index contributed by atoms with van der Waals surface area (Å²) in [6.45, 7) is 14.8. The number of carbonyl (C=O) groups is 4. The first-order valence-electron chi connectivity index (χ1n) is 15.4. The molecule has 10 nitrogen and oxygen atoms in total. The minimum atomic E-state index is -0.968. The first-order chi connectivity index (χ1) is 19.9. The Morgan fingerprint density at radius 2 is 1.60 bits per heavy atom. The summed E-state index contributed by atoms with van der Waals surface area (Å²) < 4.78 is 0. The van der Waals surface area contributed by atoms with Crippen LogP contribution in [-0.4, -0.2) is 108 Å². The van der Waals surface area contributed by atoms with Gasteiger partial charge in [0.2, 0.25) is 17.7 Å². The Labute approximate surface area is 258 Å². The molecule has 3 amide bonds. The highest BCUT2D eigenvalue weighted by Gasteiger charge is 2.42. The molecule has 2 rings (SSSR count). The molecule has 1 aromatic carbocycles. The van der Waals surface area contributed by atoms with Crippen molar-refractivity contribution in [3.8, 4) is 0 Å². The lowest BCUT2D eigenvalue weighted by Gasteiger charge is -2.41. The number of likely N-dealkylation sites (tertiary alicyclic amines) is 1. The van der Waals surface area contributed by atoms with Crippen LogP contribution in [0.1, 0.15) is 73.3 Å². The molecular weight excluding hydrogens is 546 g/mol. The number of aliphatic carboxylic acids is 1. The summed E-state index contributed by atoms with van der Waals surface area (Å²) >= 11 is 0. The highest BCUT2D eigenvalue weighted by molar-refractivity contribution is 5.91. The fourth-order valence-corrected chi connectivity index (χ4v) is 6.07. The maximum atomic E-state index is 14.1. The van der Waals surface area contributed by atoms with Gasteiger partial charge in [0.1, 0.15) is 12.1 Å². The van der Waals surface area contributed by atoms with Gasteiger partial charge >= 0.3 is 5.97 Å². The van der Waals surface area contributed by atoms with E-state index < -0.39 is 34.9 Å². The summed E-state index contributed by atoms with van der Waals surface area (Å²) in [5.41, 5.74) is -0.0992. The lowest BCUT2D eigenvalue weighted by atomic mass is 9.76. The molecule has 1 saturated heterocycles. The molecule has 3 N–H and O–H groups in total. The second kappa shape index (κ2) is 15.1. The zero-order valence-electron chi connectivity index (χ0n) is 27.9. The summed E-state index contributed by atoms with van der Waals surface area (Å²) in [4.78, 5) is 57.7. The van der Waals surface area contributed by atoms with Crippen LogP contribution in [0.4, 0.5) is 0 Å². The molecule has 10 heteroatoms. The Kier molecular flexibility index (Phi) is 12.8. The van der Waals surface area contributed by atoms with Crippen molar-refractivity contribution >= 4 is 23.7 Å². The summed E-state index contributed by atoms with van der Waals surface area (Å²) in [7, 11) is 5.32. The van der Waals surface area contributed by atoms with E-state index in [0.29, 0.717) is 19.5 Å². The fourth-order valence-electron chi connectivity index (χ4n) is 6.07. The molecule has 43 heavy (non-hydrogen) atoms. The maximum Gasteiger partial charge on any atom is 0.326 e. The first-order valence-corrected chi connectivity index (χ1v) is 15.4. The highest BCUT2D eigenvalue weighted by Crippen LogP contribution is 2.29. The molecule has 0 saturated carbocycles. The van der Waals surface area contributed by atoms with Crippen LogP contribution in [0.3, 0.4) is 0 Å². The van der Waals surface area contributed by atoms with Crippen LogP contribution < -0.4 is 10.6 Å². The number of nitrogens with zero attached hydrogens (tertiary/aromatic N) is 3. The Morgan fingerprint density at radius 1 is 1.00 bits per heavy atom. The predicted molar refractivity (Wildman–Crippen MR) is 170 cm³/mol. The van der Waals surface area contributed by atoms with E-state index in [1.807, 2.05) is 90.7 Å². The van der Waals surface area contributed by atoms with Gasteiger partial charge in [0.15, 0.2) is 0 Å². The molecule has 0 aliphatic carbocycles. The smallest absolute Gasteiger partial charge is 0.326 e. The third-order valence-corrected chi connectivity index (χ3v) is 8.82. The Morgan fingerprint density at radius 3 is 2.12 bits per heavy atom. The van der Waals surface area contributed by atoms with Gasteiger partial charge in [-0.15, -0.1) is 0 Å². The van der Waals surface area contributed by atoms with Gasteiger partial charge in [-0.25, -0.2) is 4.79 Å². The van der Waals surface area contributed by atoms with Crippen molar-refractivity contribution in [1.82, 2.24) is 25.3 Å². The van der Waals surface area contributed by atoms with Crippen LogP contribution >= 0.6 is 0 Å². The Bertz CT molecular complexity index is 1100. The van der Waals surface area contributed by atoms with Crippen molar-refractivity contribution in [2.45, 2.75) is 97.3 Å². The van der Waals surface area contributed by atoms with Crippen molar-refractivity contribution < 1.29 is 24.3 Å². The molecule has 0 bridgehead atoms. The third-order valence-electron chi connectivity index (χ3n) is 8.82. The van der Waals surface area contributed by atoms with Crippen LogP contribution in [0.5, 0.6) is 0 Å². The van der Waals surface area contributed by atoms with Gasteiger partial charge in [0.25, 0.3) is 0 Å². The van der Waals surface area contributed by atoms with E-state index in [2.05, 4.69) is 10.6 Å². The second-order valence-electron chi connectivity index (χ2n) is 14.0. The summed E-state index contributed by atoms with van der Waals surface area (Å²) in [6, 6.07) is 7.44. The van der Waals surface area contributed by atoms with E-state index >= 15 is 0 Å². The number of hydrogen-bond donors (Lipinski definition) is 3. The minimum Gasteiger partial charge on any atom is -0.480 e. The number of amides is 3. The lowest BCUT2D eigenvalue weighted by molar-refractivity contribution is -0.152. The minimum absolute atomic E-state index is 0.0617. The monoisotopic (exact) mass is 601 g/mol. The molecule has 1 aromatic rings. The molecule has 0 aromatic heterocycles. The van der Waals surface area contributed by atoms with Gasteiger partial charge in [0.05, 0.1) is 12.6 Å². The Balaban J connectivity index is 2.21. The van der Waals surface area contributed by atoms with E-state index in [0.717, 1.165) is 18.4 Å². The standard InChI is InChI=1S/C33H55N5O5/c1-22(2)25(20-36(9)21-26(39)38-19-15-14-18-24(38)31(42)43)37(10)30(41)28(32(3,4)5)35-29(40)27(34-8)33(6,7)23-16-12-11-13-17-23/h11-13,16-17,22,24-25,27-28,34H,14-15,18-21H2,1-10H3,(H,35,40)(H,42,43)/t24-,25+,27+,28+/m0/s1. The topological polar surface area (TPSA) is 122 Å². The van der Waals surface area contributed by atoms with Gasteiger partial charge in [0, 0.05) is 31.6 Å². The zero-order valence-corrected chi connectivity index (χ0v) is 27.9. The van der Waals surface area contributed by atoms with Gasteiger partial charge in [-0.2, -0.15) is 0 Å². The largest absolute Gasteiger partial charge is 0.480 e. The zero-order chi connectivity index (χ0) is 32.7. The fraction of sp³-hybridized carbons (Fsp3) is 0.697. The normalized spacial score (nSPS) is 18.2. The van der Waals surface area contributed by atoms with Crippen molar-refractivity contribution in [2.75, 3.05) is 40.8 Å². The molecule has 4 atom stereocenters. The number of carbonyl (C=O) groups excluding carboxylic acids is 3. The number of carboxylic acids is 1. The molecule has 1 aliphatic rings. The van der Waals surface area contributed by atoms with E-state index in [1.54, 1.807) is 19.0 Å². The number of benzene rings is 1. The van der Waals surface area contributed by atoms with Crippen molar-refractivity contribution in [3.05, 3.63) is 35.9 Å². The maximum absolute atomic E-state index is 14.1. The van der Waals surface area contributed by atoms with Crippen LogP contribution in [0.15, 0.2) is 30.3 Å². The summed E-state index contributed by atoms with van der Waals surface area (Å²) in [5, 5.41) is 15.8. The summed E-state index contributed by atoms with van der Waals surface area (Å²) in [6.07, 6.45) is 2.05. The van der Waals surface area contributed by atoms with Gasteiger partial charge in [-0.3, -0.25) is 19.3 Å². The summed E-state index contributed by atoms with van der Waals surface area (Å²) in [5.74, 6) is -1.58. The third kappa shape index (κ3) is 9.25. The van der Waals surface area contributed by atoms with Crippen LogP contribution in [0.25, 0.3) is 0 Å².